The number of likely N-dealkylation sites (N-methyl/N-ethyl adjacent to an activating group) is 1. The number of benzene rings is 2. The van der Waals surface area contributed by atoms with Crippen LogP contribution in [0.1, 0.15) is 35.3 Å². The van der Waals surface area contributed by atoms with Gasteiger partial charge in [-0.15, -0.1) is 11.8 Å². The molecule has 0 bridgehead atoms. The fourth-order valence-electron chi connectivity index (χ4n) is 2.58. The first-order valence-corrected chi connectivity index (χ1v) is 9.87. The van der Waals surface area contributed by atoms with Gasteiger partial charge in [-0.2, -0.15) is 5.26 Å². The average molecular weight is 368 g/mol. The number of hydrogen-bond donors (Lipinski definition) is 1. The summed E-state index contributed by atoms with van der Waals surface area (Å²) < 4.78 is 0. The molecule has 26 heavy (non-hydrogen) atoms. The number of nitrogens with zero attached hydrogens (tertiary/aromatic N) is 2. The molecule has 0 aliphatic heterocycles. The van der Waals surface area contributed by atoms with Crippen LogP contribution in [0.15, 0.2) is 53.4 Å². The molecule has 5 heteroatoms. The van der Waals surface area contributed by atoms with Crippen molar-refractivity contribution in [3.8, 4) is 6.07 Å². The Hall–Kier alpha value is -2.29. The lowest BCUT2D eigenvalue weighted by atomic mass is 10.2. The molecule has 0 aliphatic carbocycles. The summed E-state index contributed by atoms with van der Waals surface area (Å²) in [6, 6.07) is 17.4. The van der Waals surface area contributed by atoms with Gasteiger partial charge < -0.3 is 10.2 Å². The predicted octanol–water partition coefficient (Wildman–Crippen LogP) is 3.92. The summed E-state index contributed by atoms with van der Waals surface area (Å²) in [5.74, 6) is 0.732. The summed E-state index contributed by atoms with van der Waals surface area (Å²) in [6.45, 7) is 7.74. The van der Waals surface area contributed by atoms with E-state index < -0.39 is 0 Å². The molecule has 136 valence electrons. The maximum Gasteiger partial charge on any atom is 0.252 e. The molecule has 0 atom stereocenters. The van der Waals surface area contributed by atoms with Crippen molar-refractivity contribution in [2.24, 2.45) is 0 Å². The van der Waals surface area contributed by atoms with Crippen LogP contribution in [-0.4, -0.2) is 37.0 Å². The Morgan fingerprint density at radius 1 is 1.12 bits per heavy atom. The van der Waals surface area contributed by atoms with Crippen molar-refractivity contribution in [1.82, 2.24) is 10.2 Å². The van der Waals surface area contributed by atoms with Crippen LogP contribution < -0.4 is 5.32 Å². The first-order chi connectivity index (χ1) is 12.7. The molecule has 2 rings (SSSR count). The quantitative estimate of drug-likeness (QED) is 0.683. The molecule has 0 spiro atoms. The summed E-state index contributed by atoms with van der Waals surface area (Å²) in [7, 11) is 0. The molecular weight excluding hydrogens is 342 g/mol. The van der Waals surface area contributed by atoms with Crippen molar-refractivity contribution in [2.75, 3.05) is 26.2 Å². The van der Waals surface area contributed by atoms with E-state index in [2.05, 4.69) is 30.1 Å². The highest BCUT2D eigenvalue weighted by molar-refractivity contribution is 7.98. The molecule has 1 amide bonds. The molecule has 0 aliphatic rings. The average Bonchev–Trinajstić information content (AvgIpc) is 2.70. The second-order valence-electron chi connectivity index (χ2n) is 5.88. The molecule has 4 nitrogen and oxygen atoms in total. The summed E-state index contributed by atoms with van der Waals surface area (Å²) >= 11 is 1.64. The number of thioether (sulfide) groups is 1. The zero-order chi connectivity index (χ0) is 18.8. The second kappa shape index (κ2) is 10.6. The third-order valence-electron chi connectivity index (χ3n) is 4.22. The summed E-state index contributed by atoms with van der Waals surface area (Å²) in [5.41, 5.74) is 2.50. The zero-order valence-electron chi connectivity index (χ0n) is 15.4. The summed E-state index contributed by atoms with van der Waals surface area (Å²) in [6.07, 6.45) is 0. The topological polar surface area (TPSA) is 56.1 Å². The van der Waals surface area contributed by atoms with E-state index in [9.17, 15) is 4.79 Å². The highest BCUT2D eigenvalue weighted by atomic mass is 32.2. The number of rotatable bonds is 9. The van der Waals surface area contributed by atoms with Gasteiger partial charge in [-0.05, 0) is 42.9 Å². The largest absolute Gasteiger partial charge is 0.351 e. The minimum Gasteiger partial charge on any atom is -0.351 e. The third-order valence-corrected chi connectivity index (χ3v) is 5.36. The van der Waals surface area contributed by atoms with Crippen LogP contribution in [-0.2, 0) is 5.75 Å². The number of carbonyl (C=O) groups is 1. The van der Waals surface area contributed by atoms with Gasteiger partial charge in [-0.3, -0.25) is 4.79 Å². The van der Waals surface area contributed by atoms with Crippen molar-refractivity contribution in [3.05, 3.63) is 65.2 Å². The van der Waals surface area contributed by atoms with Gasteiger partial charge in [0.15, 0.2) is 0 Å². The van der Waals surface area contributed by atoms with Crippen LogP contribution in [0.3, 0.4) is 0 Å². The van der Waals surface area contributed by atoms with E-state index in [1.807, 2.05) is 48.5 Å². The monoisotopic (exact) mass is 367 g/mol. The molecule has 0 aromatic heterocycles. The van der Waals surface area contributed by atoms with Gasteiger partial charge in [-0.25, -0.2) is 0 Å². The molecule has 0 saturated heterocycles. The van der Waals surface area contributed by atoms with E-state index in [1.165, 1.54) is 0 Å². The first kappa shape index (κ1) is 20.0. The second-order valence-corrected chi connectivity index (χ2v) is 6.89. The van der Waals surface area contributed by atoms with Gasteiger partial charge in [-0.1, -0.05) is 38.1 Å². The highest BCUT2D eigenvalue weighted by Crippen LogP contribution is 2.26. The van der Waals surface area contributed by atoms with Crippen LogP contribution >= 0.6 is 11.8 Å². The lowest BCUT2D eigenvalue weighted by Gasteiger charge is -2.18. The molecule has 0 unspecified atom stereocenters. The van der Waals surface area contributed by atoms with E-state index >= 15 is 0 Å². The third kappa shape index (κ3) is 5.91. The maximum absolute atomic E-state index is 12.5. The van der Waals surface area contributed by atoms with E-state index in [0.29, 0.717) is 17.7 Å². The number of nitrogens with one attached hydrogen (secondary N) is 1. The van der Waals surface area contributed by atoms with Gasteiger partial charge in [0, 0.05) is 23.7 Å². The fourth-order valence-corrected chi connectivity index (χ4v) is 3.58. The number of hydrogen-bond acceptors (Lipinski definition) is 4. The molecule has 2 aromatic carbocycles. The molecule has 0 fully saturated rings. The van der Waals surface area contributed by atoms with Gasteiger partial charge in [0.2, 0.25) is 0 Å². The Balaban J connectivity index is 1.95. The van der Waals surface area contributed by atoms with Gasteiger partial charge >= 0.3 is 0 Å². The molecule has 1 N–H and O–H groups in total. The molecule has 0 heterocycles. The zero-order valence-corrected chi connectivity index (χ0v) is 16.2. The van der Waals surface area contributed by atoms with E-state index in [-0.39, 0.29) is 5.91 Å². The van der Waals surface area contributed by atoms with Crippen molar-refractivity contribution < 1.29 is 4.79 Å². The Morgan fingerprint density at radius 3 is 2.46 bits per heavy atom. The Kier molecular flexibility index (Phi) is 8.20. The van der Waals surface area contributed by atoms with Crippen LogP contribution in [0.25, 0.3) is 0 Å². The lowest BCUT2D eigenvalue weighted by Crippen LogP contribution is -2.34. The van der Waals surface area contributed by atoms with Crippen LogP contribution in [0, 0.1) is 11.3 Å². The van der Waals surface area contributed by atoms with Crippen molar-refractivity contribution in [3.63, 3.8) is 0 Å². The van der Waals surface area contributed by atoms with Crippen molar-refractivity contribution in [1.29, 1.82) is 5.26 Å². The van der Waals surface area contributed by atoms with Crippen molar-refractivity contribution in [2.45, 2.75) is 24.5 Å². The van der Waals surface area contributed by atoms with Gasteiger partial charge in [0.05, 0.1) is 17.2 Å². The summed E-state index contributed by atoms with van der Waals surface area (Å²) in [5, 5.41) is 11.9. The fraction of sp³-hybridized carbons (Fsp3) is 0.333. The standard InChI is InChI=1S/C21H25N3OS/c1-3-24(4-2)14-13-23-21(25)19-7-5-6-8-20(19)26-16-18-11-9-17(15-22)10-12-18/h5-12H,3-4,13-14,16H2,1-2H3,(H,23,25). The van der Waals surface area contributed by atoms with E-state index in [1.54, 1.807) is 11.8 Å². The minimum atomic E-state index is -0.0277. The highest BCUT2D eigenvalue weighted by Gasteiger charge is 2.11. The Bertz CT molecular complexity index is 749. The number of amides is 1. The van der Waals surface area contributed by atoms with Crippen LogP contribution in [0.4, 0.5) is 0 Å². The first-order valence-electron chi connectivity index (χ1n) is 8.89. The Morgan fingerprint density at radius 2 is 1.81 bits per heavy atom. The van der Waals surface area contributed by atoms with Crippen LogP contribution in [0.2, 0.25) is 0 Å². The Labute approximate surface area is 160 Å². The van der Waals surface area contributed by atoms with Gasteiger partial charge in [0.25, 0.3) is 5.91 Å². The van der Waals surface area contributed by atoms with Gasteiger partial charge in [0.1, 0.15) is 0 Å². The van der Waals surface area contributed by atoms with E-state index in [0.717, 1.165) is 35.8 Å². The van der Waals surface area contributed by atoms with E-state index in [4.69, 9.17) is 5.26 Å². The lowest BCUT2D eigenvalue weighted by molar-refractivity contribution is 0.0946. The smallest absolute Gasteiger partial charge is 0.252 e. The van der Waals surface area contributed by atoms with Crippen LogP contribution in [0.5, 0.6) is 0 Å². The SMILES string of the molecule is CCN(CC)CCNC(=O)c1ccccc1SCc1ccc(C#N)cc1. The molecular formula is C21H25N3OS. The maximum atomic E-state index is 12.5. The predicted molar refractivity (Wildman–Crippen MR) is 107 cm³/mol. The molecule has 0 radical (unpaired) electrons. The molecule has 2 aromatic rings. The minimum absolute atomic E-state index is 0.0277. The summed E-state index contributed by atoms with van der Waals surface area (Å²) in [4.78, 5) is 15.8. The van der Waals surface area contributed by atoms with Crippen molar-refractivity contribution >= 4 is 17.7 Å². The molecule has 0 saturated carbocycles. The number of carbonyl (C=O) groups excluding carboxylic acids is 1. The number of nitriles is 1. The normalized spacial score (nSPS) is 10.5.